The number of methoxy groups -OCH3 is 1. The molecule has 0 saturated carbocycles. The first kappa shape index (κ1) is 17.8. The summed E-state index contributed by atoms with van der Waals surface area (Å²) in [6.45, 7) is 0.355. The minimum atomic E-state index is -0.278. The Bertz CT molecular complexity index is 909. The van der Waals surface area contributed by atoms with Crippen LogP contribution in [0.15, 0.2) is 60.7 Å². The summed E-state index contributed by atoms with van der Waals surface area (Å²) < 4.78 is 11.4. The van der Waals surface area contributed by atoms with Gasteiger partial charge in [0.05, 0.1) is 19.8 Å². The number of fused-ring (bicyclic) bond motifs is 1. The van der Waals surface area contributed by atoms with Gasteiger partial charge in [0.15, 0.2) is 0 Å². The molecule has 0 aliphatic heterocycles. The van der Waals surface area contributed by atoms with Crippen molar-refractivity contribution in [3.05, 3.63) is 71.8 Å². The number of benzene rings is 3. The minimum Gasteiger partial charge on any atom is -0.497 e. The summed E-state index contributed by atoms with van der Waals surface area (Å²) in [6.07, 6.45) is 0. The molecule has 0 N–H and O–H groups in total. The fraction of sp³-hybridized carbons (Fsp3) is 0.190. The Kier molecular flexibility index (Phi) is 5.39. The van der Waals surface area contributed by atoms with E-state index in [0.29, 0.717) is 23.7 Å². The number of rotatable bonds is 6. The zero-order valence-electron chi connectivity index (χ0n) is 15.1. The molecule has 0 spiro atoms. The Labute approximate surface area is 152 Å². The van der Waals surface area contributed by atoms with Crippen LogP contribution in [0.4, 0.5) is 0 Å². The predicted molar refractivity (Wildman–Crippen MR) is 100 cm³/mol. The maximum Gasteiger partial charge on any atom is 0.280 e. The molecule has 5 nitrogen and oxygen atoms in total. The van der Waals surface area contributed by atoms with E-state index in [9.17, 15) is 4.79 Å². The number of hydrogen-bond donors (Lipinski definition) is 0. The Morgan fingerprint density at radius 2 is 1.73 bits per heavy atom. The van der Waals surface area contributed by atoms with Gasteiger partial charge in [-0.15, -0.1) is 0 Å². The zero-order valence-corrected chi connectivity index (χ0v) is 15.1. The molecule has 0 fully saturated rings. The number of carbonyl (C=O) groups is 1. The van der Waals surface area contributed by atoms with E-state index in [1.54, 1.807) is 20.2 Å². The number of carbonyl (C=O) groups excluding carboxylic acids is 1. The Morgan fingerprint density at radius 3 is 2.42 bits per heavy atom. The van der Waals surface area contributed by atoms with Crippen LogP contribution in [0.2, 0.25) is 0 Å². The molecule has 0 aromatic heterocycles. The number of ether oxygens (including phenoxy) is 2. The first-order valence-corrected chi connectivity index (χ1v) is 8.23. The highest BCUT2D eigenvalue weighted by Gasteiger charge is 2.20. The molecule has 3 rings (SSSR count). The third-order valence-electron chi connectivity index (χ3n) is 4.20. The van der Waals surface area contributed by atoms with Crippen molar-refractivity contribution in [1.82, 2.24) is 5.06 Å². The quantitative estimate of drug-likeness (QED) is 0.629. The number of amides is 1. The summed E-state index contributed by atoms with van der Waals surface area (Å²) in [5.74, 6) is 0.936. The predicted octanol–water partition coefficient (Wildman–Crippen LogP) is 4.06. The first-order valence-electron chi connectivity index (χ1n) is 8.23. The van der Waals surface area contributed by atoms with Crippen LogP contribution in [0.5, 0.6) is 11.5 Å². The molecule has 134 valence electrons. The lowest BCUT2D eigenvalue weighted by Crippen LogP contribution is -2.26. The van der Waals surface area contributed by atoms with E-state index in [1.807, 2.05) is 54.6 Å². The molecule has 0 radical (unpaired) electrons. The van der Waals surface area contributed by atoms with Crippen molar-refractivity contribution in [2.75, 3.05) is 21.3 Å². The molecule has 0 saturated heterocycles. The second kappa shape index (κ2) is 7.89. The highest BCUT2D eigenvalue weighted by molar-refractivity contribution is 6.03. The fourth-order valence-electron chi connectivity index (χ4n) is 2.70. The normalized spacial score (nSPS) is 10.6. The lowest BCUT2D eigenvalue weighted by atomic mass is 10.0. The van der Waals surface area contributed by atoms with Gasteiger partial charge >= 0.3 is 0 Å². The van der Waals surface area contributed by atoms with Crippen molar-refractivity contribution in [3.63, 3.8) is 0 Å². The van der Waals surface area contributed by atoms with Crippen molar-refractivity contribution in [2.24, 2.45) is 0 Å². The lowest BCUT2D eigenvalue weighted by molar-refractivity contribution is -0.0758. The van der Waals surface area contributed by atoms with Gasteiger partial charge in [-0.2, -0.15) is 0 Å². The average molecular weight is 351 g/mol. The summed E-state index contributed by atoms with van der Waals surface area (Å²) in [6, 6.07) is 19.2. The van der Waals surface area contributed by atoms with E-state index < -0.39 is 0 Å². The number of hydrogen-bond acceptors (Lipinski definition) is 4. The van der Waals surface area contributed by atoms with Crippen LogP contribution in [-0.4, -0.2) is 32.2 Å². The molecule has 0 bridgehead atoms. The van der Waals surface area contributed by atoms with Crippen molar-refractivity contribution < 1.29 is 19.1 Å². The number of nitrogens with zero attached hydrogens (tertiary/aromatic N) is 1. The fourth-order valence-corrected chi connectivity index (χ4v) is 2.70. The van der Waals surface area contributed by atoms with Gasteiger partial charge in [0.25, 0.3) is 5.91 Å². The van der Waals surface area contributed by atoms with Crippen molar-refractivity contribution in [1.29, 1.82) is 0 Å². The van der Waals surface area contributed by atoms with Crippen LogP contribution in [0.1, 0.15) is 15.9 Å². The Balaban J connectivity index is 2.08. The van der Waals surface area contributed by atoms with E-state index in [-0.39, 0.29) is 5.91 Å². The maximum atomic E-state index is 12.7. The standard InChI is InChI=1S/C21H21NO4/c1-22(25-3)21(23)18-12-10-16-9-11-17(24-2)13-19(16)20(18)26-14-15-7-5-4-6-8-15/h4-13H,14H2,1-3H3. The van der Waals surface area contributed by atoms with Crippen LogP contribution in [0.3, 0.4) is 0 Å². The summed E-state index contributed by atoms with van der Waals surface area (Å²) >= 11 is 0. The first-order chi connectivity index (χ1) is 12.6. The Hall–Kier alpha value is -3.05. The minimum absolute atomic E-state index is 0.278. The molecular weight excluding hydrogens is 330 g/mol. The molecule has 3 aromatic rings. The molecule has 0 aliphatic rings. The molecule has 26 heavy (non-hydrogen) atoms. The summed E-state index contributed by atoms with van der Waals surface area (Å²) in [5, 5.41) is 2.96. The van der Waals surface area contributed by atoms with E-state index in [1.165, 1.54) is 12.2 Å². The van der Waals surface area contributed by atoms with Gasteiger partial charge in [-0.3, -0.25) is 9.63 Å². The zero-order chi connectivity index (χ0) is 18.5. The largest absolute Gasteiger partial charge is 0.497 e. The molecule has 1 amide bonds. The smallest absolute Gasteiger partial charge is 0.280 e. The highest BCUT2D eigenvalue weighted by atomic mass is 16.7. The molecule has 0 unspecified atom stereocenters. The van der Waals surface area contributed by atoms with Gasteiger partial charge in [-0.05, 0) is 29.1 Å². The molecule has 0 atom stereocenters. The van der Waals surface area contributed by atoms with Gasteiger partial charge in [-0.1, -0.05) is 42.5 Å². The monoisotopic (exact) mass is 351 g/mol. The number of hydroxylamine groups is 2. The lowest BCUT2D eigenvalue weighted by Gasteiger charge is -2.18. The van der Waals surface area contributed by atoms with Gasteiger partial charge in [0.2, 0.25) is 0 Å². The van der Waals surface area contributed by atoms with Gasteiger partial charge in [0.1, 0.15) is 18.1 Å². The molecule has 5 heteroatoms. The molecule has 0 heterocycles. The highest BCUT2D eigenvalue weighted by Crippen LogP contribution is 2.34. The topological polar surface area (TPSA) is 48.0 Å². The van der Waals surface area contributed by atoms with Crippen LogP contribution in [0, 0.1) is 0 Å². The molecular formula is C21H21NO4. The van der Waals surface area contributed by atoms with E-state index in [2.05, 4.69) is 0 Å². The summed E-state index contributed by atoms with van der Waals surface area (Å²) in [5.41, 5.74) is 1.46. The van der Waals surface area contributed by atoms with Gasteiger partial charge in [0, 0.05) is 12.4 Å². The van der Waals surface area contributed by atoms with Crippen molar-refractivity contribution in [3.8, 4) is 11.5 Å². The van der Waals surface area contributed by atoms with E-state index in [0.717, 1.165) is 16.3 Å². The average Bonchev–Trinajstić information content (AvgIpc) is 2.71. The summed E-state index contributed by atoms with van der Waals surface area (Å²) in [4.78, 5) is 17.7. The van der Waals surface area contributed by atoms with E-state index in [4.69, 9.17) is 14.3 Å². The molecule has 3 aromatic carbocycles. The Morgan fingerprint density at radius 1 is 1.00 bits per heavy atom. The van der Waals surface area contributed by atoms with Crippen LogP contribution in [0.25, 0.3) is 10.8 Å². The van der Waals surface area contributed by atoms with Gasteiger partial charge in [-0.25, -0.2) is 5.06 Å². The van der Waals surface area contributed by atoms with Crippen LogP contribution in [-0.2, 0) is 11.4 Å². The SMILES string of the molecule is COc1ccc2ccc(C(=O)N(C)OC)c(OCc3ccccc3)c2c1. The van der Waals surface area contributed by atoms with Crippen LogP contribution >= 0.6 is 0 Å². The van der Waals surface area contributed by atoms with Crippen molar-refractivity contribution in [2.45, 2.75) is 6.61 Å². The molecule has 0 aliphatic carbocycles. The third kappa shape index (κ3) is 3.63. The maximum absolute atomic E-state index is 12.7. The van der Waals surface area contributed by atoms with E-state index >= 15 is 0 Å². The van der Waals surface area contributed by atoms with Crippen LogP contribution < -0.4 is 9.47 Å². The summed E-state index contributed by atoms with van der Waals surface area (Å²) in [7, 11) is 4.63. The van der Waals surface area contributed by atoms with Gasteiger partial charge < -0.3 is 9.47 Å². The second-order valence-corrected chi connectivity index (χ2v) is 5.79. The third-order valence-corrected chi connectivity index (χ3v) is 4.20. The second-order valence-electron chi connectivity index (χ2n) is 5.79. The van der Waals surface area contributed by atoms with Crippen molar-refractivity contribution >= 4 is 16.7 Å².